The van der Waals surface area contributed by atoms with Crippen LogP contribution in [0.2, 0.25) is 0 Å². The minimum absolute atomic E-state index is 0.0720. The summed E-state index contributed by atoms with van der Waals surface area (Å²) in [5, 5.41) is 5.36. The fourth-order valence-corrected chi connectivity index (χ4v) is 12.1. The second kappa shape index (κ2) is 18.6. The van der Waals surface area contributed by atoms with Crippen LogP contribution in [0.1, 0.15) is 16.7 Å². The predicted molar refractivity (Wildman–Crippen MR) is 231 cm³/mol. The molecule has 0 spiro atoms. The molecule has 0 radical (unpaired) electrons. The molecule has 2 fully saturated rings. The van der Waals surface area contributed by atoms with Crippen molar-refractivity contribution in [3.63, 3.8) is 0 Å². The molecule has 0 saturated carbocycles. The summed E-state index contributed by atoms with van der Waals surface area (Å²) in [4.78, 5) is 11.8. The molecule has 2 aliphatic heterocycles. The van der Waals surface area contributed by atoms with Crippen LogP contribution < -0.4 is 14.5 Å². The van der Waals surface area contributed by atoms with Gasteiger partial charge in [0.15, 0.2) is 10.3 Å². The number of aromatic nitrogens is 2. The summed E-state index contributed by atoms with van der Waals surface area (Å²) in [6, 6.07) is 24.1. The lowest BCUT2D eigenvalue weighted by atomic mass is 10.1. The van der Waals surface area contributed by atoms with Crippen LogP contribution in [0, 0.1) is 6.92 Å². The smallest absolute Gasteiger partial charge is 0.417 e. The highest BCUT2D eigenvalue weighted by Crippen LogP contribution is 2.38. The number of rotatable bonds is 9. The van der Waals surface area contributed by atoms with E-state index in [0.29, 0.717) is 26.2 Å². The number of nitrogens with zero attached hydrogens (tertiary/aromatic N) is 6. The molecule has 0 N–H and O–H groups in total. The molecule has 0 aliphatic carbocycles. The number of benzene rings is 4. The highest BCUT2D eigenvalue weighted by atomic mass is 32.2. The normalized spacial score (nSPS) is 15.8. The van der Waals surface area contributed by atoms with E-state index < -0.39 is 53.3 Å². The van der Waals surface area contributed by atoms with E-state index in [1.165, 1.54) is 46.9 Å². The van der Waals surface area contributed by atoms with Crippen molar-refractivity contribution in [2.45, 2.75) is 29.1 Å². The Hall–Kier alpha value is -5.06. The fraction of sp³-hybridized carbons (Fsp3) is 0.286. The molecule has 0 unspecified atom stereocenters. The van der Waals surface area contributed by atoms with Crippen LogP contribution in [0.25, 0.3) is 22.5 Å². The number of hydrogen-bond donors (Lipinski definition) is 0. The highest BCUT2D eigenvalue weighted by molar-refractivity contribution is 7.89. The second-order valence-corrected chi connectivity index (χ2v) is 19.9. The van der Waals surface area contributed by atoms with Crippen LogP contribution in [0.3, 0.4) is 0 Å². The number of piperazine rings is 2. The van der Waals surface area contributed by atoms with Crippen LogP contribution in [-0.4, -0.2) is 94.9 Å². The molecular weight excluding hydrogens is 911 g/mol. The number of ether oxygens (including phenoxy) is 1. The van der Waals surface area contributed by atoms with Gasteiger partial charge in [0.05, 0.1) is 39.4 Å². The molecular formula is C42H40F6N6O5S4. The first-order valence-electron chi connectivity index (χ1n) is 19.3. The van der Waals surface area contributed by atoms with Gasteiger partial charge in [-0.3, -0.25) is 0 Å². The van der Waals surface area contributed by atoms with E-state index in [9.17, 15) is 43.2 Å². The van der Waals surface area contributed by atoms with E-state index in [2.05, 4.69) is 9.97 Å². The van der Waals surface area contributed by atoms with Crippen molar-refractivity contribution in [3.8, 4) is 28.3 Å². The van der Waals surface area contributed by atoms with Crippen LogP contribution in [0.4, 0.5) is 36.6 Å². The van der Waals surface area contributed by atoms with Gasteiger partial charge < -0.3 is 14.5 Å². The standard InChI is InChI=1S/C21H20F3N3O3S2.C21H20F3N3O2S2/c1-30-16-6-4-5-15(13-16)18-14-31-20(25-18)26-9-11-27(12-10-26)32(28,29)19-8-3-2-7-17(19)21(22,23)24;1-15-5-4-6-16(13-15)18-14-30-20(25-18)26-9-11-27(12-10-26)31(28,29)19-8-3-2-7-17(19)21(22,23)24/h2-8,13-14H,9-12H2,1H3;2-8,13-14H,9-12H2,1H3. The summed E-state index contributed by atoms with van der Waals surface area (Å²) < 4.78 is 139. The number of anilines is 2. The monoisotopic (exact) mass is 950 g/mol. The largest absolute Gasteiger partial charge is 0.497 e. The van der Waals surface area contributed by atoms with Gasteiger partial charge in [-0.25, -0.2) is 26.8 Å². The van der Waals surface area contributed by atoms with Gasteiger partial charge in [0.2, 0.25) is 20.0 Å². The Morgan fingerprint density at radius 2 is 0.968 bits per heavy atom. The third-order valence-electron chi connectivity index (χ3n) is 10.3. The zero-order chi connectivity index (χ0) is 45.2. The van der Waals surface area contributed by atoms with E-state index in [1.54, 1.807) is 7.11 Å². The Labute approximate surface area is 368 Å². The van der Waals surface area contributed by atoms with Crippen molar-refractivity contribution >= 4 is 53.0 Å². The Morgan fingerprint density at radius 1 is 0.556 bits per heavy atom. The van der Waals surface area contributed by atoms with Gasteiger partial charge in [-0.15, -0.1) is 22.7 Å². The number of methoxy groups -OCH3 is 1. The lowest BCUT2D eigenvalue weighted by Gasteiger charge is -2.34. The third-order valence-corrected chi connectivity index (χ3v) is 16.0. The van der Waals surface area contributed by atoms with Crippen LogP contribution >= 0.6 is 22.7 Å². The molecule has 11 nitrogen and oxygen atoms in total. The highest BCUT2D eigenvalue weighted by Gasteiger charge is 2.41. The summed E-state index contributed by atoms with van der Waals surface area (Å²) >= 11 is 2.90. The summed E-state index contributed by atoms with van der Waals surface area (Å²) in [5.74, 6) is 0.718. The van der Waals surface area contributed by atoms with Gasteiger partial charge in [0.1, 0.15) is 5.75 Å². The average molecular weight is 951 g/mol. The average Bonchev–Trinajstić information content (AvgIpc) is 3.98. The Balaban J connectivity index is 0.000000189. The van der Waals surface area contributed by atoms with E-state index in [4.69, 9.17) is 4.74 Å². The maximum atomic E-state index is 13.3. The molecule has 8 rings (SSSR count). The maximum Gasteiger partial charge on any atom is 0.417 e. The van der Waals surface area contributed by atoms with Crippen LogP contribution in [-0.2, 0) is 32.4 Å². The Bertz CT molecular complexity index is 2760. The first kappa shape index (κ1) is 45.9. The molecule has 4 heterocycles. The molecule has 6 aromatic rings. The topological polar surface area (TPSA) is 116 Å². The second-order valence-electron chi connectivity index (χ2n) is 14.4. The van der Waals surface area contributed by atoms with E-state index in [1.807, 2.05) is 76.0 Å². The summed E-state index contributed by atoms with van der Waals surface area (Å²) in [7, 11) is -6.94. The van der Waals surface area contributed by atoms with Gasteiger partial charge >= 0.3 is 12.4 Å². The summed E-state index contributed by atoms with van der Waals surface area (Å²) in [5.41, 5.74) is 2.37. The predicted octanol–water partition coefficient (Wildman–Crippen LogP) is 9.00. The SMILES string of the molecule is COc1cccc(-c2csc(N3CCN(S(=O)(=O)c4ccccc4C(F)(F)F)CC3)n2)c1.Cc1cccc(-c2csc(N3CCN(S(=O)(=O)c4ccccc4C(F)(F)F)CC3)n2)c1. The molecule has 334 valence electrons. The first-order valence-corrected chi connectivity index (χ1v) is 24.0. The molecule has 2 aromatic heterocycles. The molecule has 2 saturated heterocycles. The van der Waals surface area contributed by atoms with Crippen molar-refractivity contribution in [1.82, 2.24) is 18.6 Å². The van der Waals surface area contributed by atoms with E-state index in [0.717, 1.165) is 77.0 Å². The van der Waals surface area contributed by atoms with Crippen molar-refractivity contribution in [1.29, 1.82) is 0 Å². The number of thiazole rings is 2. The van der Waals surface area contributed by atoms with Crippen molar-refractivity contribution in [3.05, 3.63) is 125 Å². The maximum absolute atomic E-state index is 13.3. The summed E-state index contributed by atoms with van der Waals surface area (Å²) in [6.07, 6.45) is -9.48. The van der Waals surface area contributed by atoms with E-state index in [-0.39, 0.29) is 26.2 Å². The molecule has 2 aliphatic rings. The van der Waals surface area contributed by atoms with E-state index >= 15 is 0 Å². The zero-order valence-corrected chi connectivity index (χ0v) is 36.9. The number of alkyl halides is 6. The lowest BCUT2D eigenvalue weighted by molar-refractivity contribution is -0.140. The summed E-state index contributed by atoms with van der Waals surface area (Å²) in [6.45, 7) is 3.71. The van der Waals surface area contributed by atoms with Crippen molar-refractivity contribution in [2.75, 3.05) is 69.3 Å². The quantitative estimate of drug-likeness (QED) is 0.131. The Kier molecular flexibility index (Phi) is 13.5. The number of aryl methyl sites for hydroxylation is 1. The van der Waals surface area contributed by atoms with Crippen LogP contribution in [0.15, 0.2) is 118 Å². The fourth-order valence-electron chi connectivity index (χ4n) is 7.04. The van der Waals surface area contributed by atoms with Crippen molar-refractivity contribution in [2.24, 2.45) is 0 Å². The van der Waals surface area contributed by atoms with Crippen LogP contribution in [0.5, 0.6) is 5.75 Å². The lowest BCUT2D eigenvalue weighted by Crippen LogP contribution is -2.48. The number of hydrogen-bond acceptors (Lipinski definition) is 11. The molecule has 0 bridgehead atoms. The van der Waals surface area contributed by atoms with Gasteiger partial charge in [-0.05, 0) is 49.4 Å². The molecule has 63 heavy (non-hydrogen) atoms. The Morgan fingerprint density at radius 3 is 1.38 bits per heavy atom. The van der Waals surface area contributed by atoms with Crippen molar-refractivity contribution < 1.29 is 47.9 Å². The molecule has 21 heteroatoms. The van der Waals surface area contributed by atoms with Gasteiger partial charge in [0.25, 0.3) is 0 Å². The van der Waals surface area contributed by atoms with Gasteiger partial charge in [-0.1, -0.05) is 60.2 Å². The third kappa shape index (κ3) is 10.3. The molecule has 0 atom stereocenters. The first-order chi connectivity index (χ1) is 29.9. The molecule has 0 amide bonds. The molecule has 4 aromatic carbocycles. The van der Waals surface area contributed by atoms with Gasteiger partial charge in [-0.2, -0.15) is 35.0 Å². The zero-order valence-electron chi connectivity index (χ0n) is 33.7. The van der Waals surface area contributed by atoms with Gasteiger partial charge in [0, 0.05) is 74.2 Å². The minimum atomic E-state index is -4.75. The number of sulfonamides is 2. The number of halogens is 6. The minimum Gasteiger partial charge on any atom is -0.497 e.